The molecule has 0 radical (unpaired) electrons. The van der Waals surface area contributed by atoms with Gasteiger partial charge in [0.2, 0.25) is 11.8 Å². The van der Waals surface area contributed by atoms with Crippen molar-refractivity contribution < 1.29 is 14.4 Å². The number of para-hydroxylation sites is 1. The topological polar surface area (TPSA) is 73.0 Å². The van der Waals surface area contributed by atoms with E-state index in [2.05, 4.69) is 10.2 Å². The van der Waals surface area contributed by atoms with Gasteiger partial charge in [-0.25, -0.2) is 0 Å². The molecule has 3 aliphatic rings. The fourth-order valence-electron chi connectivity index (χ4n) is 5.53. The van der Waals surface area contributed by atoms with E-state index in [1.54, 1.807) is 4.90 Å². The molecule has 0 atom stereocenters. The van der Waals surface area contributed by atoms with Gasteiger partial charge in [-0.15, -0.1) is 0 Å². The number of nitrogens with zero attached hydrogens (tertiary/aromatic N) is 3. The standard InChI is InChI=1S/C28H34N4O3/c1-20-11-12-23(17-21(20)2)29-25(33)18-31-19-32(24-9-4-3-5-10-24)28(27(31)35)13-15-30(16-14-28)26(34)22-7-6-8-22/h3-5,9-12,17,22H,6-8,13-16,18-19H2,1-2H3,(H,29,33). The molecule has 2 aliphatic heterocycles. The highest BCUT2D eigenvalue weighted by Gasteiger charge is 2.54. The summed E-state index contributed by atoms with van der Waals surface area (Å²) in [6.45, 7) is 5.56. The monoisotopic (exact) mass is 474 g/mol. The summed E-state index contributed by atoms with van der Waals surface area (Å²) in [4.78, 5) is 45.3. The molecule has 0 bridgehead atoms. The molecule has 7 heteroatoms. The minimum Gasteiger partial charge on any atom is -0.342 e. The molecule has 3 amide bonds. The number of amides is 3. The third-order valence-electron chi connectivity index (χ3n) is 8.06. The van der Waals surface area contributed by atoms with E-state index < -0.39 is 5.54 Å². The summed E-state index contributed by atoms with van der Waals surface area (Å²) in [6, 6.07) is 15.7. The molecule has 1 spiro atoms. The van der Waals surface area contributed by atoms with Crippen molar-refractivity contribution in [1.29, 1.82) is 0 Å². The summed E-state index contributed by atoms with van der Waals surface area (Å²) in [6.07, 6.45) is 4.26. The van der Waals surface area contributed by atoms with Crippen molar-refractivity contribution in [1.82, 2.24) is 9.80 Å². The zero-order chi connectivity index (χ0) is 24.6. The van der Waals surface area contributed by atoms with E-state index in [9.17, 15) is 14.4 Å². The highest BCUT2D eigenvalue weighted by atomic mass is 16.2. The second-order valence-electron chi connectivity index (χ2n) is 10.2. The number of anilines is 2. The number of benzene rings is 2. The SMILES string of the molecule is Cc1ccc(NC(=O)CN2CN(c3ccccc3)C3(CCN(C(=O)C4CCC4)CC3)C2=O)cc1C. The van der Waals surface area contributed by atoms with Crippen molar-refractivity contribution in [2.24, 2.45) is 5.92 Å². The van der Waals surface area contributed by atoms with E-state index in [1.165, 1.54) is 5.56 Å². The summed E-state index contributed by atoms with van der Waals surface area (Å²) in [7, 11) is 0. The van der Waals surface area contributed by atoms with Crippen molar-refractivity contribution in [3.8, 4) is 0 Å². The number of hydrogen-bond donors (Lipinski definition) is 1. The van der Waals surface area contributed by atoms with Crippen molar-refractivity contribution >= 4 is 29.1 Å². The zero-order valence-corrected chi connectivity index (χ0v) is 20.6. The van der Waals surface area contributed by atoms with E-state index in [0.717, 1.165) is 36.2 Å². The molecule has 1 aliphatic carbocycles. The molecule has 2 saturated heterocycles. The van der Waals surface area contributed by atoms with E-state index in [-0.39, 0.29) is 30.2 Å². The number of likely N-dealkylation sites (tertiary alicyclic amines) is 1. The van der Waals surface area contributed by atoms with Gasteiger partial charge in [0, 0.05) is 30.4 Å². The lowest BCUT2D eigenvalue weighted by molar-refractivity contribution is -0.143. The third-order valence-corrected chi connectivity index (χ3v) is 8.06. The molecule has 2 aromatic carbocycles. The number of aryl methyl sites for hydroxylation is 2. The first-order chi connectivity index (χ1) is 16.9. The molecule has 5 rings (SSSR count). The van der Waals surface area contributed by atoms with Crippen LogP contribution in [0.25, 0.3) is 0 Å². The molecule has 0 aromatic heterocycles. The Bertz CT molecular complexity index is 1120. The van der Waals surface area contributed by atoms with Crippen molar-refractivity contribution in [3.05, 3.63) is 59.7 Å². The summed E-state index contributed by atoms with van der Waals surface area (Å²) in [5.41, 5.74) is 3.26. The number of rotatable bonds is 5. The van der Waals surface area contributed by atoms with E-state index >= 15 is 0 Å². The van der Waals surface area contributed by atoms with Crippen LogP contribution in [0.2, 0.25) is 0 Å². The smallest absolute Gasteiger partial charge is 0.250 e. The lowest BCUT2D eigenvalue weighted by Gasteiger charge is -2.44. The van der Waals surface area contributed by atoms with E-state index in [0.29, 0.717) is 32.6 Å². The van der Waals surface area contributed by atoms with E-state index in [1.807, 2.05) is 67.3 Å². The first kappa shape index (κ1) is 23.4. The minimum atomic E-state index is -0.724. The molecule has 35 heavy (non-hydrogen) atoms. The second kappa shape index (κ2) is 9.36. The van der Waals surface area contributed by atoms with Crippen molar-refractivity contribution in [2.75, 3.05) is 36.5 Å². The third kappa shape index (κ3) is 4.40. The molecule has 2 aromatic rings. The molecular weight excluding hydrogens is 440 g/mol. The molecule has 7 nitrogen and oxygen atoms in total. The maximum absolute atomic E-state index is 13.8. The first-order valence-corrected chi connectivity index (χ1v) is 12.7. The van der Waals surface area contributed by atoms with Crippen LogP contribution in [0, 0.1) is 19.8 Å². The fourth-order valence-corrected chi connectivity index (χ4v) is 5.53. The molecule has 0 unspecified atom stereocenters. The maximum atomic E-state index is 13.8. The predicted molar refractivity (Wildman–Crippen MR) is 136 cm³/mol. The van der Waals surface area contributed by atoms with Crippen LogP contribution in [0.1, 0.15) is 43.2 Å². The fraction of sp³-hybridized carbons (Fsp3) is 0.464. The number of carbonyl (C=O) groups excluding carboxylic acids is 3. The molecular formula is C28H34N4O3. The average molecular weight is 475 g/mol. The number of carbonyl (C=O) groups is 3. The highest BCUT2D eigenvalue weighted by molar-refractivity contribution is 5.99. The van der Waals surface area contributed by atoms with Gasteiger partial charge in [0.05, 0.1) is 6.67 Å². The van der Waals surface area contributed by atoms with Gasteiger partial charge in [-0.1, -0.05) is 30.7 Å². The Morgan fingerprint density at radius 3 is 2.34 bits per heavy atom. The van der Waals surface area contributed by atoms with Crippen LogP contribution in [-0.4, -0.2) is 59.4 Å². The van der Waals surface area contributed by atoms with Crippen molar-refractivity contribution in [2.45, 2.75) is 51.5 Å². The Balaban J connectivity index is 1.32. The minimum absolute atomic E-state index is 0.00155. The molecule has 1 saturated carbocycles. The highest BCUT2D eigenvalue weighted by Crippen LogP contribution is 2.40. The van der Waals surface area contributed by atoms with Crippen LogP contribution in [0.15, 0.2) is 48.5 Å². The van der Waals surface area contributed by atoms with Gasteiger partial charge in [-0.2, -0.15) is 0 Å². The van der Waals surface area contributed by atoms with Gasteiger partial charge < -0.3 is 20.0 Å². The van der Waals surface area contributed by atoms with Crippen LogP contribution in [0.5, 0.6) is 0 Å². The summed E-state index contributed by atoms with van der Waals surface area (Å²) in [5.74, 6) is 0.184. The van der Waals surface area contributed by atoms with Gasteiger partial charge in [0.1, 0.15) is 12.1 Å². The quantitative estimate of drug-likeness (QED) is 0.717. The maximum Gasteiger partial charge on any atom is 0.250 e. The second-order valence-corrected chi connectivity index (χ2v) is 10.2. The summed E-state index contributed by atoms with van der Waals surface area (Å²) in [5, 5.41) is 2.95. The van der Waals surface area contributed by atoms with Gasteiger partial charge in [-0.05, 0) is 74.9 Å². The predicted octanol–water partition coefficient (Wildman–Crippen LogP) is 3.71. The molecule has 1 N–H and O–H groups in total. The van der Waals surface area contributed by atoms with Gasteiger partial charge >= 0.3 is 0 Å². The number of piperidine rings is 1. The Hall–Kier alpha value is -3.35. The number of nitrogens with one attached hydrogen (secondary N) is 1. The van der Waals surface area contributed by atoms with E-state index in [4.69, 9.17) is 0 Å². The van der Waals surface area contributed by atoms with Gasteiger partial charge in [0.15, 0.2) is 0 Å². The zero-order valence-electron chi connectivity index (χ0n) is 20.6. The molecule has 2 heterocycles. The molecule has 184 valence electrons. The van der Waals surface area contributed by atoms with Gasteiger partial charge in [0.25, 0.3) is 5.91 Å². The Labute approximate surface area is 207 Å². The van der Waals surface area contributed by atoms with Crippen LogP contribution in [0.3, 0.4) is 0 Å². The normalized spacial score (nSPS) is 19.7. The van der Waals surface area contributed by atoms with Gasteiger partial charge in [-0.3, -0.25) is 14.4 Å². The van der Waals surface area contributed by atoms with Crippen LogP contribution in [0.4, 0.5) is 11.4 Å². The lowest BCUT2D eigenvalue weighted by atomic mass is 9.81. The summed E-state index contributed by atoms with van der Waals surface area (Å²) < 4.78 is 0. The Kier molecular flexibility index (Phi) is 6.26. The van der Waals surface area contributed by atoms with Crippen LogP contribution in [-0.2, 0) is 14.4 Å². The number of hydrogen-bond acceptors (Lipinski definition) is 4. The summed E-state index contributed by atoms with van der Waals surface area (Å²) >= 11 is 0. The lowest BCUT2D eigenvalue weighted by Crippen LogP contribution is -2.58. The molecule has 3 fully saturated rings. The van der Waals surface area contributed by atoms with Crippen LogP contribution >= 0.6 is 0 Å². The van der Waals surface area contributed by atoms with Crippen LogP contribution < -0.4 is 10.2 Å². The Morgan fingerprint density at radius 2 is 1.71 bits per heavy atom. The average Bonchev–Trinajstić information content (AvgIpc) is 3.07. The first-order valence-electron chi connectivity index (χ1n) is 12.7. The largest absolute Gasteiger partial charge is 0.342 e. The Morgan fingerprint density at radius 1 is 1.00 bits per heavy atom. The van der Waals surface area contributed by atoms with Crippen molar-refractivity contribution in [3.63, 3.8) is 0 Å².